The van der Waals surface area contributed by atoms with Crippen LogP contribution in [0.3, 0.4) is 0 Å². The summed E-state index contributed by atoms with van der Waals surface area (Å²) in [5, 5.41) is 12.8. The fourth-order valence-electron chi connectivity index (χ4n) is 2.07. The first-order chi connectivity index (χ1) is 10.6. The summed E-state index contributed by atoms with van der Waals surface area (Å²) < 4.78 is 6.39. The predicted octanol–water partition coefficient (Wildman–Crippen LogP) is 4.12. The molecule has 1 aromatic heterocycles. The lowest BCUT2D eigenvalue weighted by atomic mass is 10.1. The molecule has 110 valence electrons. The summed E-state index contributed by atoms with van der Waals surface area (Å²) in [4.78, 5) is 19.1. The van der Waals surface area contributed by atoms with Crippen molar-refractivity contribution in [3.8, 4) is 11.6 Å². The Morgan fingerprint density at radius 3 is 2.64 bits per heavy atom. The number of hydrogen-bond donors (Lipinski definition) is 2. The van der Waals surface area contributed by atoms with Crippen molar-refractivity contribution in [3.05, 3.63) is 52.5 Å². The molecule has 3 aromatic rings. The SMILES string of the molecule is O=C(O)Nc1ccc(Oc2ccnc(I)n2)c2ccccc12. The summed E-state index contributed by atoms with van der Waals surface area (Å²) in [6.45, 7) is 0. The quantitative estimate of drug-likeness (QED) is 0.504. The van der Waals surface area contributed by atoms with Gasteiger partial charge in [0.15, 0.2) is 3.83 Å². The topological polar surface area (TPSA) is 84.3 Å². The zero-order valence-corrected chi connectivity index (χ0v) is 13.3. The normalized spacial score (nSPS) is 10.4. The van der Waals surface area contributed by atoms with Gasteiger partial charge in [0.25, 0.3) is 0 Å². The van der Waals surface area contributed by atoms with Gasteiger partial charge in [0.2, 0.25) is 5.88 Å². The summed E-state index contributed by atoms with van der Waals surface area (Å²) >= 11 is 2.01. The Hall–Kier alpha value is -2.42. The lowest BCUT2D eigenvalue weighted by Gasteiger charge is -2.11. The van der Waals surface area contributed by atoms with Crippen molar-refractivity contribution in [2.24, 2.45) is 0 Å². The van der Waals surface area contributed by atoms with E-state index in [4.69, 9.17) is 9.84 Å². The van der Waals surface area contributed by atoms with Gasteiger partial charge in [0.05, 0.1) is 5.69 Å². The van der Waals surface area contributed by atoms with Crippen LogP contribution in [0.1, 0.15) is 0 Å². The molecule has 2 N–H and O–H groups in total. The van der Waals surface area contributed by atoms with E-state index in [1.807, 2.05) is 46.9 Å². The number of amides is 1. The van der Waals surface area contributed by atoms with Gasteiger partial charge >= 0.3 is 6.09 Å². The van der Waals surface area contributed by atoms with Gasteiger partial charge in [-0.2, -0.15) is 4.98 Å². The second kappa shape index (κ2) is 6.14. The Morgan fingerprint density at radius 2 is 1.91 bits per heavy atom. The Morgan fingerprint density at radius 1 is 1.14 bits per heavy atom. The molecule has 0 saturated carbocycles. The molecule has 0 radical (unpaired) electrons. The fourth-order valence-corrected chi connectivity index (χ4v) is 2.47. The van der Waals surface area contributed by atoms with Crippen LogP contribution in [0.2, 0.25) is 0 Å². The molecule has 1 heterocycles. The van der Waals surface area contributed by atoms with Crippen molar-refractivity contribution < 1.29 is 14.6 Å². The van der Waals surface area contributed by atoms with Crippen molar-refractivity contribution >= 4 is 45.1 Å². The summed E-state index contributed by atoms with van der Waals surface area (Å²) in [6, 6.07) is 12.4. The highest BCUT2D eigenvalue weighted by atomic mass is 127. The molecule has 6 nitrogen and oxygen atoms in total. The molecule has 22 heavy (non-hydrogen) atoms. The molecule has 0 saturated heterocycles. The third-order valence-electron chi connectivity index (χ3n) is 2.94. The fraction of sp³-hybridized carbons (Fsp3) is 0. The zero-order chi connectivity index (χ0) is 15.5. The highest BCUT2D eigenvalue weighted by Crippen LogP contribution is 2.33. The molecule has 0 spiro atoms. The van der Waals surface area contributed by atoms with Crippen LogP contribution in [-0.2, 0) is 0 Å². The molecular formula is C15H10IN3O3. The van der Waals surface area contributed by atoms with E-state index < -0.39 is 6.09 Å². The molecule has 1 amide bonds. The number of nitrogens with zero attached hydrogens (tertiary/aromatic N) is 2. The van der Waals surface area contributed by atoms with Gasteiger partial charge in [-0.3, -0.25) is 5.32 Å². The average molecular weight is 407 g/mol. The maximum Gasteiger partial charge on any atom is 0.409 e. The number of carbonyl (C=O) groups is 1. The summed E-state index contributed by atoms with van der Waals surface area (Å²) in [6.07, 6.45) is 0.510. The largest absolute Gasteiger partial charge is 0.465 e. The van der Waals surface area contributed by atoms with E-state index in [0.717, 1.165) is 10.8 Å². The predicted molar refractivity (Wildman–Crippen MR) is 90.4 cm³/mol. The van der Waals surface area contributed by atoms with Gasteiger partial charge in [0, 0.05) is 45.6 Å². The Labute approximate surface area is 139 Å². The number of benzene rings is 2. The summed E-state index contributed by atoms with van der Waals surface area (Å²) in [7, 11) is 0. The van der Waals surface area contributed by atoms with Crippen molar-refractivity contribution in [2.75, 3.05) is 5.32 Å². The van der Waals surface area contributed by atoms with E-state index in [2.05, 4.69) is 15.3 Å². The third-order valence-corrected chi connectivity index (χ3v) is 3.46. The lowest BCUT2D eigenvalue weighted by Crippen LogP contribution is -2.07. The van der Waals surface area contributed by atoms with Gasteiger partial charge in [-0.05, 0) is 12.1 Å². The lowest BCUT2D eigenvalue weighted by molar-refractivity contribution is 0.210. The molecule has 7 heteroatoms. The van der Waals surface area contributed by atoms with Crippen LogP contribution in [0.5, 0.6) is 11.6 Å². The molecular weight excluding hydrogens is 397 g/mol. The Bertz CT molecular complexity index is 854. The van der Waals surface area contributed by atoms with Crippen molar-refractivity contribution in [1.82, 2.24) is 9.97 Å². The molecule has 0 atom stereocenters. The van der Waals surface area contributed by atoms with E-state index in [1.165, 1.54) is 0 Å². The number of halogens is 1. The number of ether oxygens (including phenoxy) is 1. The number of anilines is 1. The number of hydrogen-bond acceptors (Lipinski definition) is 4. The average Bonchev–Trinajstić information content (AvgIpc) is 2.49. The van der Waals surface area contributed by atoms with E-state index >= 15 is 0 Å². The van der Waals surface area contributed by atoms with Gasteiger partial charge in [-0.25, -0.2) is 9.78 Å². The molecule has 0 aliphatic rings. The monoisotopic (exact) mass is 407 g/mol. The molecule has 0 aliphatic heterocycles. The smallest absolute Gasteiger partial charge is 0.409 e. The summed E-state index contributed by atoms with van der Waals surface area (Å²) in [5.74, 6) is 1.03. The van der Waals surface area contributed by atoms with Gasteiger partial charge in [-0.1, -0.05) is 24.3 Å². The highest BCUT2D eigenvalue weighted by Gasteiger charge is 2.10. The Balaban J connectivity index is 2.06. The standard InChI is InChI=1S/C15H10IN3O3/c16-14-17-8-7-13(19-14)22-12-6-5-11(18-15(20)21)9-3-1-2-4-10(9)12/h1-8,18H,(H,20,21). The van der Waals surface area contributed by atoms with Gasteiger partial charge < -0.3 is 9.84 Å². The van der Waals surface area contributed by atoms with E-state index in [9.17, 15) is 4.79 Å². The second-order valence-electron chi connectivity index (χ2n) is 4.35. The molecule has 0 unspecified atom stereocenters. The molecule has 3 rings (SSSR count). The van der Waals surface area contributed by atoms with E-state index in [-0.39, 0.29) is 0 Å². The van der Waals surface area contributed by atoms with Crippen LogP contribution >= 0.6 is 22.6 Å². The molecule has 0 aliphatic carbocycles. The first kappa shape index (κ1) is 14.5. The number of fused-ring (bicyclic) bond motifs is 1. The maximum absolute atomic E-state index is 10.9. The van der Waals surface area contributed by atoms with Crippen LogP contribution in [-0.4, -0.2) is 21.2 Å². The Kier molecular flexibility index (Phi) is 4.05. The number of nitrogens with one attached hydrogen (secondary N) is 1. The van der Waals surface area contributed by atoms with Crippen LogP contribution in [0.4, 0.5) is 10.5 Å². The van der Waals surface area contributed by atoms with Crippen LogP contribution in [0.25, 0.3) is 10.8 Å². The number of rotatable bonds is 3. The maximum atomic E-state index is 10.9. The van der Waals surface area contributed by atoms with Crippen molar-refractivity contribution in [2.45, 2.75) is 0 Å². The van der Waals surface area contributed by atoms with Crippen LogP contribution in [0.15, 0.2) is 48.7 Å². The van der Waals surface area contributed by atoms with E-state index in [0.29, 0.717) is 21.1 Å². The number of aromatic nitrogens is 2. The van der Waals surface area contributed by atoms with E-state index in [1.54, 1.807) is 24.4 Å². The molecule has 0 bridgehead atoms. The minimum absolute atomic E-state index is 0.434. The van der Waals surface area contributed by atoms with Crippen molar-refractivity contribution in [3.63, 3.8) is 0 Å². The third kappa shape index (κ3) is 3.08. The minimum atomic E-state index is -1.11. The van der Waals surface area contributed by atoms with Gasteiger partial charge in [-0.15, -0.1) is 0 Å². The summed E-state index contributed by atoms with van der Waals surface area (Å²) in [5.41, 5.74) is 0.507. The first-order valence-corrected chi connectivity index (χ1v) is 7.39. The van der Waals surface area contributed by atoms with Crippen LogP contribution < -0.4 is 10.1 Å². The van der Waals surface area contributed by atoms with Crippen molar-refractivity contribution in [1.29, 1.82) is 0 Å². The van der Waals surface area contributed by atoms with Crippen LogP contribution in [0, 0.1) is 3.83 Å². The molecule has 2 aromatic carbocycles. The highest BCUT2D eigenvalue weighted by molar-refractivity contribution is 14.1. The number of carboxylic acid groups (broad SMARTS) is 1. The minimum Gasteiger partial charge on any atom is -0.465 e. The first-order valence-electron chi connectivity index (χ1n) is 6.31. The second-order valence-corrected chi connectivity index (χ2v) is 5.32. The van der Waals surface area contributed by atoms with Gasteiger partial charge in [0.1, 0.15) is 5.75 Å². The zero-order valence-electron chi connectivity index (χ0n) is 11.2. The molecule has 0 fully saturated rings.